The van der Waals surface area contributed by atoms with E-state index in [2.05, 4.69) is 35.0 Å². The third-order valence-electron chi connectivity index (χ3n) is 2.27. The van der Waals surface area contributed by atoms with Crippen molar-refractivity contribution in [1.82, 2.24) is 0 Å². The molecule has 74 valence electrons. The van der Waals surface area contributed by atoms with Gasteiger partial charge in [0.15, 0.2) is 0 Å². The quantitative estimate of drug-likeness (QED) is 0.827. The number of aliphatic hydroxyl groups is 1. The predicted octanol–water partition coefficient (Wildman–Crippen LogP) is 3.60. The van der Waals surface area contributed by atoms with Crippen molar-refractivity contribution < 1.29 is 5.11 Å². The molecule has 1 heterocycles. The Morgan fingerprint density at radius 1 is 1.36 bits per heavy atom. The Hall–Kier alpha value is -0.380. The van der Waals surface area contributed by atoms with Crippen molar-refractivity contribution in [2.75, 3.05) is 0 Å². The van der Waals surface area contributed by atoms with Crippen LogP contribution in [-0.4, -0.2) is 5.11 Å². The standard InChI is InChI=1S/C11H11BrOS/c1-7-2-8(6-13)3-11-10(7)4-9(5-12)14-11/h2-4,13H,5-6H2,1H3. The van der Waals surface area contributed by atoms with Crippen LogP contribution < -0.4 is 0 Å². The first kappa shape index (κ1) is 10.1. The lowest BCUT2D eigenvalue weighted by Crippen LogP contribution is -1.83. The fraction of sp³-hybridized carbons (Fsp3) is 0.273. The highest BCUT2D eigenvalue weighted by atomic mass is 79.9. The number of aryl methyl sites for hydroxylation is 1. The molecule has 2 aromatic rings. The summed E-state index contributed by atoms with van der Waals surface area (Å²) in [6.07, 6.45) is 0. The van der Waals surface area contributed by atoms with E-state index < -0.39 is 0 Å². The Bertz CT molecular complexity index is 462. The SMILES string of the molecule is Cc1cc(CO)cc2sc(CBr)cc12. The third kappa shape index (κ3) is 1.72. The highest BCUT2D eigenvalue weighted by Gasteiger charge is 2.04. The second-order valence-electron chi connectivity index (χ2n) is 3.33. The second-order valence-corrected chi connectivity index (χ2v) is 5.06. The summed E-state index contributed by atoms with van der Waals surface area (Å²) in [4.78, 5) is 1.33. The minimum absolute atomic E-state index is 0.123. The van der Waals surface area contributed by atoms with Gasteiger partial charge in [-0.1, -0.05) is 22.0 Å². The molecule has 0 atom stereocenters. The summed E-state index contributed by atoms with van der Waals surface area (Å²) in [6.45, 7) is 2.21. The van der Waals surface area contributed by atoms with Crippen molar-refractivity contribution in [3.8, 4) is 0 Å². The van der Waals surface area contributed by atoms with Crippen molar-refractivity contribution in [3.05, 3.63) is 34.2 Å². The average molecular weight is 271 g/mol. The number of hydrogen-bond donors (Lipinski definition) is 1. The summed E-state index contributed by atoms with van der Waals surface area (Å²) in [7, 11) is 0. The summed E-state index contributed by atoms with van der Waals surface area (Å²) in [6, 6.07) is 6.33. The Balaban J connectivity index is 2.67. The van der Waals surface area contributed by atoms with Gasteiger partial charge in [-0.2, -0.15) is 0 Å². The zero-order valence-electron chi connectivity index (χ0n) is 7.88. The first-order chi connectivity index (χ1) is 6.74. The molecule has 0 spiro atoms. The Morgan fingerprint density at radius 3 is 2.79 bits per heavy atom. The number of hydrogen-bond acceptors (Lipinski definition) is 2. The first-order valence-corrected chi connectivity index (χ1v) is 6.37. The molecule has 3 heteroatoms. The molecule has 0 aliphatic carbocycles. The van der Waals surface area contributed by atoms with Crippen LogP contribution in [0.1, 0.15) is 16.0 Å². The molecule has 1 nitrogen and oxygen atoms in total. The molecule has 0 saturated carbocycles. The fourth-order valence-corrected chi connectivity index (χ4v) is 3.16. The molecule has 0 aliphatic rings. The minimum Gasteiger partial charge on any atom is -0.392 e. The molecule has 0 unspecified atom stereocenters. The van der Waals surface area contributed by atoms with E-state index in [-0.39, 0.29) is 6.61 Å². The minimum atomic E-state index is 0.123. The Kier molecular flexibility index (Phi) is 2.91. The average Bonchev–Trinajstić information content (AvgIpc) is 2.61. The molecule has 1 aromatic carbocycles. The van der Waals surface area contributed by atoms with E-state index in [4.69, 9.17) is 5.11 Å². The van der Waals surface area contributed by atoms with Crippen molar-refractivity contribution >= 4 is 37.4 Å². The largest absolute Gasteiger partial charge is 0.392 e. The van der Waals surface area contributed by atoms with Gasteiger partial charge in [-0.3, -0.25) is 0 Å². The van der Waals surface area contributed by atoms with Crippen molar-refractivity contribution in [2.45, 2.75) is 18.9 Å². The van der Waals surface area contributed by atoms with Gasteiger partial charge in [-0.25, -0.2) is 0 Å². The zero-order valence-corrected chi connectivity index (χ0v) is 10.3. The molecule has 1 N–H and O–H groups in total. The predicted molar refractivity (Wildman–Crippen MR) is 65.1 cm³/mol. The molecule has 1 aromatic heterocycles. The van der Waals surface area contributed by atoms with Gasteiger partial charge in [-0.15, -0.1) is 11.3 Å². The number of thiophene rings is 1. The van der Waals surface area contributed by atoms with Crippen LogP contribution in [0.5, 0.6) is 0 Å². The maximum atomic E-state index is 9.08. The maximum absolute atomic E-state index is 9.08. The van der Waals surface area contributed by atoms with Crippen molar-refractivity contribution in [2.24, 2.45) is 0 Å². The molecule has 14 heavy (non-hydrogen) atoms. The monoisotopic (exact) mass is 270 g/mol. The fourth-order valence-electron chi connectivity index (χ4n) is 1.60. The summed E-state index contributed by atoms with van der Waals surface area (Å²) in [5.74, 6) is 0. The summed E-state index contributed by atoms with van der Waals surface area (Å²) >= 11 is 5.24. The van der Waals surface area contributed by atoms with E-state index in [1.54, 1.807) is 11.3 Å². The lowest BCUT2D eigenvalue weighted by atomic mass is 10.1. The topological polar surface area (TPSA) is 20.2 Å². The van der Waals surface area contributed by atoms with E-state index in [0.29, 0.717) is 0 Å². The van der Waals surface area contributed by atoms with Crippen molar-refractivity contribution in [3.63, 3.8) is 0 Å². The van der Waals surface area contributed by atoms with Gasteiger partial charge >= 0.3 is 0 Å². The van der Waals surface area contributed by atoms with Crippen LogP contribution in [0.2, 0.25) is 0 Å². The number of alkyl halides is 1. The van der Waals surface area contributed by atoms with E-state index in [1.165, 1.54) is 20.5 Å². The molecular formula is C11H11BrOS. The van der Waals surface area contributed by atoms with Crippen LogP contribution >= 0.6 is 27.3 Å². The zero-order chi connectivity index (χ0) is 10.1. The maximum Gasteiger partial charge on any atom is 0.0682 e. The van der Waals surface area contributed by atoms with E-state index in [9.17, 15) is 0 Å². The van der Waals surface area contributed by atoms with Gasteiger partial charge in [0.05, 0.1) is 6.61 Å². The first-order valence-electron chi connectivity index (χ1n) is 4.43. The van der Waals surface area contributed by atoms with Crippen LogP contribution in [0.3, 0.4) is 0 Å². The molecule has 0 aliphatic heterocycles. The summed E-state index contributed by atoms with van der Waals surface area (Å²) in [5.41, 5.74) is 2.24. The lowest BCUT2D eigenvalue weighted by Gasteiger charge is -1.99. The molecule has 0 bridgehead atoms. The highest BCUT2D eigenvalue weighted by molar-refractivity contribution is 9.08. The molecule has 0 amide bonds. The Morgan fingerprint density at radius 2 is 2.14 bits per heavy atom. The normalized spacial score (nSPS) is 11.1. The van der Waals surface area contributed by atoms with Gasteiger partial charge in [0, 0.05) is 14.9 Å². The van der Waals surface area contributed by atoms with Crippen LogP contribution in [0.15, 0.2) is 18.2 Å². The van der Waals surface area contributed by atoms with Gasteiger partial charge < -0.3 is 5.11 Å². The number of benzene rings is 1. The summed E-state index contributed by atoms with van der Waals surface area (Å²) in [5, 5.41) is 11.3. The van der Waals surface area contributed by atoms with Crippen molar-refractivity contribution in [1.29, 1.82) is 0 Å². The third-order valence-corrected chi connectivity index (χ3v) is 4.33. The summed E-state index contributed by atoms with van der Waals surface area (Å²) < 4.78 is 1.27. The number of fused-ring (bicyclic) bond motifs is 1. The van der Waals surface area contributed by atoms with Crippen LogP contribution in [-0.2, 0) is 11.9 Å². The highest BCUT2D eigenvalue weighted by Crippen LogP contribution is 2.30. The van der Waals surface area contributed by atoms with E-state index >= 15 is 0 Å². The molecule has 0 radical (unpaired) electrons. The van der Waals surface area contributed by atoms with Crippen LogP contribution in [0.4, 0.5) is 0 Å². The van der Waals surface area contributed by atoms with Gasteiger partial charge in [-0.05, 0) is 35.6 Å². The Labute approximate surface area is 95.5 Å². The molecule has 0 saturated heterocycles. The number of rotatable bonds is 2. The van der Waals surface area contributed by atoms with E-state index in [1.807, 2.05) is 6.07 Å². The molecular weight excluding hydrogens is 260 g/mol. The van der Waals surface area contributed by atoms with Crippen LogP contribution in [0.25, 0.3) is 10.1 Å². The van der Waals surface area contributed by atoms with Crippen LogP contribution in [0, 0.1) is 6.92 Å². The molecule has 0 fully saturated rings. The second kappa shape index (κ2) is 4.01. The number of halogens is 1. The van der Waals surface area contributed by atoms with E-state index in [0.717, 1.165) is 10.9 Å². The van der Waals surface area contributed by atoms with Gasteiger partial charge in [0.1, 0.15) is 0 Å². The molecule has 2 rings (SSSR count). The van der Waals surface area contributed by atoms with Gasteiger partial charge in [0.2, 0.25) is 0 Å². The number of aliphatic hydroxyl groups excluding tert-OH is 1. The lowest BCUT2D eigenvalue weighted by molar-refractivity contribution is 0.282. The van der Waals surface area contributed by atoms with Gasteiger partial charge in [0.25, 0.3) is 0 Å². The smallest absolute Gasteiger partial charge is 0.0682 e.